The number of benzene rings is 1. The zero-order chi connectivity index (χ0) is 12.3. The van der Waals surface area contributed by atoms with Gasteiger partial charge in [-0.15, -0.1) is 0 Å². The summed E-state index contributed by atoms with van der Waals surface area (Å²) in [5, 5.41) is 0. The summed E-state index contributed by atoms with van der Waals surface area (Å²) in [4.78, 5) is 1.92. The van der Waals surface area contributed by atoms with Gasteiger partial charge in [-0.05, 0) is 25.1 Å². The summed E-state index contributed by atoms with van der Waals surface area (Å²) >= 11 is 0. The first-order valence-corrected chi connectivity index (χ1v) is 5.17. The minimum Gasteiger partial charge on any atom is -0.377 e. The molecule has 1 rings (SSSR count). The highest BCUT2D eigenvalue weighted by molar-refractivity contribution is 5.55. The minimum atomic E-state index is -0.665. The first-order valence-electron chi connectivity index (χ1n) is 5.17. The van der Waals surface area contributed by atoms with Crippen molar-refractivity contribution in [3.8, 4) is 0 Å². The van der Waals surface area contributed by atoms with E-state index in [0.717, 1.165) is 11.3 Å². The molecule has 0 aromatic heterocycles. The van der Waals surface area contributed by atoms with Crippen LogP contribution in [0.25, 0.3) is 0 Å². The number of nitrogens with zero attached hydrogens (tertiary/aromatic N) is 1. The SMILES string of the molecule is COC(C)(CN)c1cc(F)ccc1N(C)C. The van der Waals surface area contributed by atoms with Crippen molar-refractivity contribution >= 4 is 5.69 Å². The lowest BCUT2D eigenvalue weighted by molar-refractivity contribution is 0.0103. The standard InChI is InChI=1S/C12H19FN2O/c1-12(8-14,16-4)10-7-9(13)5-6-11(10)15(2)3/h5-7H,8,14H2,1-4H3. The number of nitrogens with two attached hydrogens (primary N) is 1. The molecule has 0 saturated carbocycles. The summed E-state index contributed by atoms with van der Waals surface area (Å²) < 4.78 is 18.7. The largest absolute Gasteiger partial charge is 0.377 e. The molecule has 0 aliphatic heterocycles. The smallest absolute Gasteiger partial charge is 0.123 e. The van der Waals surface area contributed by atoms with Crippen molar-refractivity contribution in [2.45, 2.75) is 12.5 Å². The van der Waals surface area contributed by atoms with Gasteiger partial charge < -0.3 is 15.4 Å². The van der Waals surface area contributed by atoms with E-state index in [4.69, 9.17) is 10.5 Å². The molecule has 4 heteroatoms. The summed E-state index contributed by atoms with van der Waals surface area (Å²) in [7, 11) is 5.39. The number of halogens is 1. The normalized spacial score (nSPS) is 14.6. The van der Waals surface area contributed by atoms with Crippen LogP contribution in [-0.2, 0) is 10.3 Å². The van der Waals surface area contributed by atoms with Crippen LogP contribution >= 0.6 is 0 Å². The third-order valence-electron chi connectivity index (χ3n) is 2.85. The Morgan fingerprint density at radius 3 is 2.50 bits per heavy atom. The van der Waals surface area contributed by atoms with Crippen molar-refractivity contribution in [3.05, 3.63) is 29.6 Å². The predicted molar refractivity (Wildman–Crippen MR) is 64.1 cm³/mol. The summed E-state index contributed by atoms with van der Waals surface area (Å²) in [6.45, 7) is 2.16. The lowest BCUT2D eigenvalue weighted by Gasteiger charge is -2.31. The molecule has 0 spiro atoms. The van der Waals surface area contributed by atoms with Gasteiger partial charge >= 0.3 is 0 Å². The number of hydrogen-bond donors (Lipinski definition) is 1. The Morgan fingerprint density at radius 1 is 1.44 bits per heavy atom. The van der Waals surface area contributed by atoms with Crippen LogP contribution < -0.4 is 10.6 Å². The molecule has 0 fully saturated rings. The van der Waals surface area contributed by atoms with Crippen molar-refractivity contribution < 1.29 is 9.13 Å². The average molecular weight is 226 g/mol. The first kappa shape index (κ1) is 12.9. The third kappa shape index (κ3) is 2.33. The van der Waals surface area contributed by atoms with Crippen LogP contribution in [0.2, 0.25) is 0 Å². The molecule has 1 aromatic rings. The number of methoxy groups -OCH3 is 1. The first-order chi connectivity index (χ1) is 7.44. The second-order valence-corrected chi connectivity index (χ2v) is 4.20. The maximum atomic E-state index is 13.3. The lowest BCUT2D eigenvalue weighted by atomic mass is 9.93. The van der Waals surface area contributed by atoms with Gasteiger partial charge in [0.25, 0.3) is 0 Å². The fraction of sp³-hybridized carbons (Fsp3) is 0.500. The number of hydrogen-bond acceptors (Lipinski definition) is 3. The highest BCUT2D eigenvalue weighted by Gasteiger charge is 2.28. The van der Waals surface area contributed by atoms with Crippen LogP contribution in [-0.4, -0.2) is 27.7 Å². The summed E-state index contributed by atoms with van der Waals surface area (Å²) in [5.74, 6) is -0.280. The van der Waals surface area contributed by atoms with Gasteiger partial charge in [0, 0.05) is 39.0 Å². The molecule has 0 bridgehead atoms. The van der Waals surface area contributed by atoms with Crippen molar-refractivity contribution in [3.63, 3.8) is 0 Å². The van der Waals surface area contributed by atoms with E-state index in [1.54, 1.807) is 13.2 Å². The van der Waals surface area contributed by atoms with Gasteiger partial charge in [-0.2, -0.15) is 0 Å². The number of rotatable bonds is 4. The van der Waals surface area contributed by atoms with E-state index in [-0.39, 0.29) is 5.82 Å². The van der Waals surface area contributed by atoms with Gasteiger partial charge in [0.15, 0.2) is 0 Å². The molecule has 0 aliphatic rings. The van der Waals surface area contributed by atoms with Crippen LogP contribution in [0.15, 0.2) is 18.2 Å². The Balaban J connectivity index is 3.34. The van der Waals surface area contributed by atoms with E-state index >= 15 is 0 Å². The highest BCUT2D eigenvalue weighted by atomic mass is 19.1. The van der Waals surface area contributed by atoms with E-state index in [9.17, 15) is 4.39 Å². The summed E-state index contributed by atoms with van der Waals surface area (Å²) in [5.41, 5.74) is 6.72. The van der Waals surface area contributed by atoms with Crippen LogP contribution in [0.5, 0.6) is 0 Å². The van der Waals surface area contributed by atoms with Crippen LogP contribution in [0.1, 0.15) is 12.5 Å². The summed E-state index contributed by atoms with van der Waals surface area (Å²) in [6.07, 6.45) is 0. The Hall–Kier alpha value is -1.13. The van der Waals surface area contributed by atoms with Gasteiger partial charge in [-0.1, -0.05) is 0 Å². The van der Waals surface area contributed by atoms with Gasteiger partial charge in [0.2, 0.25) is 0 Å². The van der Waals surface area contributed by atoms with E-state index in [0.29, 0.717) is 6.54 Å². The van der Waals surface area contributed by atoms with Gasteiger partial charge in [0.1, 0.15) is 11.4 Å². The minimum absolute atomic E-state index is 0.280. The van der Waals surface area contributed by atoms with E-state index < -0.39 is 5.60 Å². The zero-order valence-corrected chi connectivity index (χ0v) is 10.2. The molecular weight excluding hydrogens is 207 g/mol. The Labute approximate surface area is 96.0 Å². The highest BCUT2D eigenvalue weighted by Crippen LogP contribution is 2.32. The molecular formula is C12H19FN2O. The number of ether oxygens (including phenoxy) is 1. The monoisotopic (exact) mass is 226 g/mol. The van der Waals surface area contributed by atoms with E-state index in [1.807, 2.05) is 25.9 Å². The Bertz CT molecular complexity index is 362. The maximum Gasteiger partial charge on any atom is 0.123 e. The van der Waals surface area contributed by atoms with Gasteiger partial charge in [-0.25, -0.2) is 4.39 Å². The van der Waals surface area contributed by atoms with Crippen LogP contribution in [0, 0.1) is 5.82 Å². The van der Waals surface area contributed by atoms with E-state index in [2.05, 4.69) is 0 Å². The molecule has 16 heavy (non-hydrogen) atoms. The quantitative estimate of drug-likeness (QED) is 0.849. The molecule has 0 aliphatic carbocycles. The molecule has 0 radical (unpaired) electrons. The lowest BCUT2D eigenvalue weighted by Crippen LogP contribution is -2.35. The number of anilines is 1. The second kappa shape index (κ2) is 4.80. The Morgan fingerprint density at radius 2 is 2.06 bits per heavy atom. The second-order valence-electron chi connectivity index (χ2n) is 4.20. The molecule has 0 amide bonds. The predicted octanol–water partition coefficient (Wildman–Crippen LogP) is 1.71. The zero-order valence-electron chi connectivity index (χ0n) is 10.2. The fourth-order valence-electron chi connectivity index (χ4n) is 1.63. The van der Waals surface area contributed by atoms with Gasteiger partial charge in [-0.3, -0.25) is 0 Å². The molecule has 90 valence electrons. The molecule has 1 atom stereocenters. The molecule has 0 saturated heterocycles. The van der Waals surface area contributed by atoms with E-state index in [1.165, 1.54) is 12.1 Å². The van der Waals surface area contributed by atoms with Crippen molar-refractivity contribution in [1.29, 1.82) is 0 Å². The third-order valence-corrected chi connectivity index (χ3v) is 2.85. The molecule has 2 N–H and O–H groups in total. The average Bonchev–Trinajstić information content (AvgIpc) is 2.27. The maximum absolute atomic E-state index is 13.3. The molecule has 0 heterocycles. The molecule has 3 nitrogen and oxygen atoms in total. The van der Waals surface area contributed by atoms with Crippen molar-refractivity contribution in [2.24, 2.45) is 5.73 Å². The van der Waals surface area contributed by atoms with Crippen LogP contribution in [0.3, 0.4) is 0 Å². The van der Waals surface area contributed by atoms with Crippen LogP contribution in [0.4, 0.5) is 10.1 Å². The topological polar surface area (TPSA) is 38.5 Å². The fourth-order valence-corrected chi connectivity index (χ4v) is 1.63. The van der Waals surface area contributed by atoms with Crippen molar-refractivity contribution in [2.75, 3.05) is 32.6 Å². The van der Waals surface area contributed by atoms with Gasteiger partial charge in [0.05, 0.1) is 0 Å². The van der Waals surface area contributed by atoms with Crippen molar-refractivity contribution in [1.82, 2.24) is 0 Å². The Kier molecular flexibility index (Phi) is 3.88. The molecule has 1 unspecified atom stereocenters. The summed E-state index contributed by atoms with van der Waals surface area (Å²) in [6, 6.07) is 4.65. The molecule has 1 aromatic carbocycles.